The highest BCUT2D eigenvalue weighted by atomic mass is 127. The van der Waals surface area contributed by atoms with Crippen molar-refractivity contribution in [3.05, 3.63) is 83.3 Å². The number of nitrogens with one attached hydrogen (secondary N) is 1. The second-order valence-electron chi connectivity index (χ2n) is 7.26. The van der Waals surface area contributed by atoms with Crippen LogP contribution in [0, 0.1) is 0 Å². The van der Waals surface area contributed by atoms with Gasteiger partial charge in [-0.15, -0.1) is 24.0 Å². The molecule has 1 aliphatic heterocycles. The summed E-state index contributed by atoms with van der Waals surface area (Å²) in [6.07, 6.45) is 1.47. The molecule has 32 heavy (non-hydrogen) atoms. The van der Waals surface area contributed by atoms with Crippen molar-refractivity contribution < 1.29 is 9.21 Å². The van der Waals surface area contributed by atoms with Gasteiger partial charge in [-0.25, -0.2) is 4.99 Å². The number of aliphatic imine (C=N–C) groups is 1. The highest BCUT2D eigenvalue weighted by Crippen LogP contribution is 2.19. The van der Waals surface area contributed by atoms with Crippen molar-refractivity contribution in [1.82, 2.24) is 4.90 Å². The Bertz CT molecular complexity index is 1050. The maximum Gasteiger partial charge on any atom is 0.291 e. The standard InChI is InChI=1S/C23H24ClN5O2.HI/c24-18-6-8-20(9-7-18)28-10-12-29(13-11-28)23(25)26-16-17-3-1-4-19(15-17)27-22(30)21-5-2-14-31-21;/h1-9,14-15H,10-13,16H2,(H2,25,26)(H,27,30);1H. The summed E-state index contributed by atoms with van der Waals surface area (Å²) in [5.41, 5.74) is 9.04. The molecule has 3 aromatic rings. The first-order valence-electron chi connectivity index (χ1n) is 10.1. The molecule has 0 radical (unpaired) electrons. The van der Waals surface area contributed by atoms with E-state index in [0.717, 1.165) is 42.5 Å². The summed E-state index contributed by atoms with van der Waals surface area (Å²) in [4.78, 5) is 21.1. The highest BCUT2D eigenvalue weighted by molar-refractivity contribution is 14.0. The normalized spacial score (nSPS) is 14.1. The first-order valence-corrected chi connectivity index (χ1v) is 10.5. The fourth-order valence-electron chi connectivity index (χ4n) is 3.47. The molecule has 1 aliphatic rings. The SMILES string of the molecule is I.NC(=NCc1cccc(NC(=O)c2ccco2)c1)N1CCN(c2ccc(Cl)cc2)CC1. The summed E-state index contributed by atoms with van der Waals surface area (Å²) in [7, 11) is 0. The molecule has 1 fully saturated rings. The quantitative estimate of drug-likeness (QED) is 0.271. The molecule has 7 nitrogen and oxygen atoms in total. The molecule has 0 unspecified atom stereocenters. The van der Waals surface area contributed by atoms with E-state index in [1.807, 2.05) is 48.5 Å². The number of amides is 1. The van der Waals surface area contributed by atoms with Crippen LogP contribution in [-0.2, 0) is 6.54 Å². The van der Waals surface area contributed by atoms with Gasteiger partial charge in [0.2, 0.25) is 0 Å². The molecule has 1 saturated heterocycles. The van der Waals surface area contributed by atoms with E-state index >= 15 is 0 Å². The Labute approximate surface area is 209 Å². The second-order valence-corrected chi connectivity index (χ2v) is 7.69. The predicted octanol–water partition coefficient (Wildman–Crippen LogP) is 4.44. The fraction of sp³-hybridized carbons (Fsp3) is 0.217. The number of halogens is 2. The van der Waals surface area contributed by atoms with E-state index in [1.165, 1.54) is 6.26 Å². The first-order chi connectivity index (χ1) is 15.1. The Morgan fingerprint density at radius 1 is 1.06 bits per heavy atom. The van der Waals surface area contributed by atoms with Crippen LogP contribution in [0.4, 0.5) is 11.4 Å². The molecule has 1 amide bonds. The highest BCUT2D eigenvalue weighted by Gasteiger charge is 2.18. The first kappa shape index (κ1) is 23.9. The van der Waals surface area contributed by atoms with Gasteiger partial charge in [-0.1, -0.05) is 23.7 Å². The second kappa shape index (κ2) is 11.2. The molecule has 2 aromatic carbocycles. The van der Waals surface area contributed by atoms with Crippen LogP contribution in [0.1, 0.15) is 16.1 Å². The summed E-state index contributed by atoms with van der Waals surface area (Å²) in [6.45, 7) is 3.78. The smallest absolute Gasteiger partial charge is 0.291 e. The van der Waals surface area contributed by atoms with Gasteiger partial charge >= 0.3 is 0 Å². The van der Waals surface area contributed by atoms with Gasteiger partial charge in [0.1, 0.15) is 0 Å². The lowest BCUT2D eigenvalue weighted by Crippen LogP contribution is -2.51. The Hall–Kier alpha value is -2.72. The van der Waals surface area contributed by atoms with Crippen LogP contribution in [0.2, 0.25) is 5.02 Å². The molecule has 4 rings (SSSR count). The number of carbonyl (C=O) groups is 1. The number of carbonyl (C=O) groups excluding carboxylic acids is 1. The zero-order valence-electron chi connectivity index (χ0n) is 17.4. The zero-order chi connectivity index (χ0) is 21.6. The number of hydrogen-bond acceptors (Lipinski definition) is 4. The van der Waals surface area contributed by atoms with E-state index < -0.39 is 0 Å². The molecule has 9 heteroatoms. The molecule has 0 saturated carbocycles. The number of nitrogens with zero attached hydrogens (tertiary/aromatic N) is 3. The van der Waals surface area contributed by atoms with Crippen LogP contribution < -0.4 is 16.0 Å². The molecule has 3 N–H and O–H groups in total. The third-order valence-electron chi connectivity index (χ3n) is 5.15. The monoisotopic (exact) mass is 565 g/mol. The van der Waals surface area contributed by atoms with Crippen LogP contribution in [0.15, 0.2) is 76.3 Å². The average molecular weight is 566 g/mol. The molecule has 0 aliphatic carbocycles. The number of nitrogens with two attached hydrogens (primary N) is 1. The fourth-order valence-corrected chi connectivity index (χ4v) is 3.59. The van der Waals surface area contributed by atoms with Gasteiger partial charge in [0.05, 0.1) is 12.8 Å². The maximum atomic E-state index is 12.1. The number of piperazine rings is 1. The summed E-state index contributed by atoms with van der Waals surface area (Å²) in [5.74, 6) is 0.509. The number of hydrogen-bond donors (Lipinski definition) is 2. The largest absolute Gasteiger partial charge is 0.459 e. The summed E-state index contributed by atoms with van der Waals surface area (Å²) >= 11 is 5.97. The van der Waals surface area contributed by atoms with Crippen LogP contribution in [-0.4, -0.2) is 42.9 Å². The summed E-state index contributed by atoms with van der Waals surface area (Å²) in [5, 5.41) is 3.56. The van der Waals surface area contributed by atoms with Crippen molar-refractivity contribution >= 4 is 58.8 Å². The lowest BCUT2D eigenvalue weighted by atomic mass is 10.2. The van der Waals surface area contributed by atoms with Crippen molar-refractivity contribution in [3.63, 3.8) is 0 Å². The van der Waals surface area contributed by atoms with Gasteiger partial charge in [-0.05, 0) is 54.1 Å². The number of anilines is 2. The van der Waals surface area contributed by atoms with Crippen LogP contribution in [0.3, 0.4) is 0 Å². The molecular weight excluding hydrogens is 541 g/mol. The van der Waals surface area contributed by atoms with Crippen LogP contribution >= 0.6 is 35.6 Å². The van der Waals surface area contributed by atoms with Gasteiger partial charge in [-0.2, -0.15) is 0 Å². The molecule has 2 heterocycles. The lowest BCUT2D eigenvalue weighted by molar-refractivity contribution is 0.0996. The van der Waals surface area contributed by atoms with Gasteiger partial charge in [-0.3, -0.25) is 4.79 Å². The minimum atomic E-state index is -0.288. The maximum absolute atomic E-state index is 12.1. The van der Waals surface area contributed by atoms with Gasteiger partial charge in [0.25, 0.3) is 5.91 Å². The number of furan rings is 1. The third-order valence-corrected chi connectivity index (χ3v) is 5.40. The van der Waals surface area contributed by atoms with Crippen molar-refractivity contribution in [1.29, 1.82) is 0 Å². The Kier molecular flexibility index (Phi) is 8.40. The van der Waals surface area contributed by atoms with Gasteiger partial charge in [0, 0.05) is 42.6 Å². The van der Waals surface area contributed by atoms with E-state index in [0.29, 0.717) is 18.2 Å². The Balaban J connectivity index is 0.00000289. The minimum Gasteiger partial charge on any atom is -0.459 e. The summed E-state index contributed by atoms with van der Waals surface area (Å²) in [6, 6.07) is 18.7. The van der Waals surface area contributed by atoms with Crippen LogP contribution in [0.25, 0.3) is 0 Å². The number of guanidine groups is 1. The number of benzene rings is 2. The molecule has 1 aromatic heterocycles. The molecule has 0 atom stereocenters. The average Bonchev–Trinajstić information content (AvgIpc) is 3.34. The molecule has 0 spiro atoms. The van der Waals surface area contributed by atoms with Crippen molar-refractivity contribution in [2.24, 2.45) is 10.7 Å². The van der Waals surface area contributed by atoms with Crippen LogP contribution in [0.5, 0.6) is 0 Å². The Morgan fingerprint density at radius 3 is 2.50 bits per heavy atom. The molecule has 0 bridgehead atoms. The lowest BCUT2D eigenvalue weighted by Gasteiger charge is -2.36. The molecular formula is C23H25ClIN5O2. The van der Waals surface area contributed by atoms with E-state index in [1.54, 1.807) is 12.1 Å². The van der Waals surface area contributed by atoms with Crippen molar-refractivity contribution in [3.8, 4) is 0 Å². The summed E-state index contributed by atoms with van der Waals surface area (Å²) < 4.78 is 5.12. The van der Waals surface area contributed by atoms with Gasteiger partial charge in [0.15, 0.2) is 11.7 Å². The van der Waals surface area contributed by atoms with E-state index in [4.69, 9.17) is 21.8 Å². The Morgan fingerprint density at radius 2 is 1.81 bits per heavy atom. The molecule has 168 valence electrons. The van der Waals surface area contributed by atoms with Crippen molar-refractivity contribution in [2.75, 3.05) is 36.4 Å². The van der Waals surface area contributed by atoms with Gasteiger partial charge < -0.3 is 25.3 Å². The minimum absolute atomic E-state index is 0. The third kappa shape index (κ3) is 6.17. The topological polar surface area (TPSA) is 87.1 Å². The van der Waals surface area contributed by atoms with E-state index in [9.17, 15) is 4.79 Å². The van der Waals surface area contributed by atoms with Crippen molar-refractivity contribution in [2.45, 2.75) is 6.54 Å². The zero-order valence-corrected chi connectivity index (χ0v) is 20.5. The van der Waals surface area contributed by atoms with E-state index in [2.05, 4.69) is 20.1 Å². The number of rotatable bonds is 5. The predicted molar refractivity (Wildman–Crippen MR) is 139 cm³/mol. The van der Waals surface area contributed by atoms with E-state index in [-0.39, 0.29) is 35.6 Å².